The number of aromatic hydroxyl groups is 1. The average Bonchev–Trinajstić information content (AvgIpc) is 2.15. The van der Waals surface area contributed by atoms with E-state index in [4.69, 9.17) is 4.42 Å². The summed E-state index contributed by atoms with van der Waals surface area (Å²) in [7, 11) is 0. The van der Waals surface area contributed by atoms with E-state index in [2.05, 4.69) is 0 Å². The van der Waals surface area contributed by atoms with Crippen LogP contribution in [-0.2, 0) is 0 Å². The maximum Gasteiger partial charge on any atom is 0.336 e. The molecule has 0 unspecified atom stereocenters. The molecular weight excluding hydrogens is 192 g/mol. The molecule has 0 spiro atoms. The van der Waals surface area contributed by atoms with Crippen LogP contribution in [0.2, 0.25) is 0 Å². The maximum absolute atomic E-state index is 11.0. The zero-order chi connectivity index (χ0) is 11.0. The maximum atomic E-state index is 11.0. The monoisotopic (exact) mass is 204 g/mol. The van der Waals surface area contributed by atoms with Crippen molar-refractivity contribution in [2.24, 2.45) is 0 Å². The molecule has 0 saturated carbocycles. The van der Waals surface area contributed by atoms with E-state index in [1.54, 1.807) is 12.1 Å². The van der Waals surface area contributed by atoms with Crippen molar-refractivity contribution < 1.29 is 9.52 Å². The Labute approximate surface area is 87.0 Å². The van der Waals surface area contributed by atoms with Crippen LogP contribution in [0.1, 0.15) is 25.3 Å². The fourth-order valence-electron chi connectivity index (χ4n) is 1.67. The molecule has 1 heterocycles. The van der Waals surface area contributed by atoms with Crippen molar-refractivity contribution in [2.75, 3.05) is 0 Å². The van der Waals surface area contributed by atoms with E-state index in [0.29, 0.717) is 5.58 Å². The van der Waals surface area contributed by atoms with Gasteiger partial charge < -0.3 is 9.52 Å². The molecule has 0 fully saturated rings. The minimum atomic E-state index is -0.400. The first-order valence-electron chi connectivity index (χ1n) is 4.84. The van der Waals surface area contributed by atoms with Gasteiger partial charge in [-0.25, -0.2) is 4.79 Å². The zero-order valence-corrected chi connectivity index (χ0v) is 8.65. The summed E-state index contributed by atoms with van der Waals surface area (Å²) in [5, 5.41) is 10.4. The van der Waals surface area contributed by atoms with E-state index in [0.717, 1.165) is 10.9 Å². The topological polar surface area (TPSA) is 50.4 Å². The first-order chi connectivity index (χ1) is 7.08. The van der Waals surface area contributed by atoms with Crippen LogP contribution in [0, 0.1) is 0 Å². The second-order valence-electron chi connectivity index (χ2n) is 3.86. The number of fused-ring (bicyclic) bond motifs is 1. The molecule has 1 aromatic carbocycles. The summed E-state index contributed by atoms with van der Waals surface area (Å²) in [4.78, 5) is 11.0. The van der Waals surface area contributed by atoms with Crippen LogP contribution < -0.4 is 5.63 Å². The molecule has 0 saturated heterocycles. The highest BCUT2D eigenvalue weighted by atomic mass is 16.4. The summed E-state index contributed by atoms with van der Waals surface area (Å²) in [6.45, 7) is 4.05. The number of hydrogen-bond donors (Lipinski definition) is 1. The standard InChI is InChI=1S/C12H12O3/c1-7(2)10-5-8(13)6-11-9(10)3-4-12(14)15-11/h3-7,13H,1-2H3. The lowest BCUT2D eigenvalue weighted by molar-refractivity contribution is 0.472. The molecule has 0 aliphatic carbocycles. The van der Waals surface area contributed by atoms with Gasteiger partial charge in [0.05, 0.1) is 0 Å². The molecule has 0 atom stereocenters. The summed E-state index contributed by atoms with van der Waals surface area (Å²) in [6.07, 6.45) is 0. The number of rotatable bonds is 1. The van der Waals surface area contributed by atoms with Crippen LogP contribution in [-0.4, -0.2) is 5.11 Å². The molecular formula is C12H12O3. The Hall–Kier alpha value is -1.77. The predicted octanol–water partition coefficient (Wildman–Crippen LogP) is 2.62. The summed E-state index contributed by atoms with van der Waals surface area (Å²) < 4.78 is 5.02. The highest BCUT2D eigenvalue weighted by molar-refractivity contribution is 5.82. The van der Waals surface area contributed by atoms with Gasteiger partial charge in [-0.3, -0.25) is 0 Å². The van der Waals surface area contributed by atoms with Gasteiger partial charge in [0.15, 0.2) is 0 Å². The Kier molecular flexibility index (Phi) is 2.23. The normalized spacial score (nSPS) is 11.1. The molecule has 15 heavy (non-hydrogen) atoms. The number of benzene rings is 1. The first-order valence-corrected chi connectivity index (χ1v) is 4.84. The van der Waals surface area contributed by atoms with Gasteiger partial charge in [-0.2, -0.15) is 0 Å². The third-order valence-corrected chi connectivity index (χ3v) is 2.38. The van der Waals surface area contributed by atoms with Crippen LogP contribution in [0.5, 0.6) is 5.75 Å². The third-order valence-electron chi connectivity index (χ3n) is 2.38. The predicted molar refractivity (Wildman–Crippen MR) is 58.2 cm³/mol. The van der Waals surface area contributed by atoms with Crippen molar-refractivity contribution in [2.45, 2.75) is 19.8 Å². The van der Waals surface area contributed by atoms with Crippen LogP contribution in [0.15, 0.2) is 33.5 Å². The number of phenolic OH excluding ortho intramolecular Hbond substituents is 1. The van der Waals surface area contributed by atoms with Crippen molar-refractivity contribution in [3.05, 3.63) is 40.2 Å². The van der Waals surface area contributed by atoms with Crippen LogP contribution >= 0.6 is 0 Å². The fraction of sp³-hybridized carbons (Fsp3) is 0.250. The Bertz CT molecular complexity index is 552. The van der Waals surface area contributed by atoms with E-state index < -0.39 is 5.63 Å². The van der Waals surface area contributed by atoms with Gasteiger partial charge in [-0.05, 0) is 23.6 Å². The minimum absolute atomic E-state index is 0.126. The van der Waals surface area contributed by atoms with Gasteiger partial charge in [0.1, 0.15) is 11.3 Å². The number of hydrogen-bond acceptors (Lipinski definition) is 3. The van der Waals surface area contributed by atoms with Gasteiger partial charge in [0.2, 0.25) is 0 Å². The largest absolute Gasteiger partial charge is 0.508 e. The third kappa shape index (κ3) is 1.73. The second kappa shape index (κ2) is 3.42. The van der Waals surface area contributed by atoms with E-state index in [9.17, 15) is 9.90 Å². The molecule has 2 aromatic rings. The van der Waals surface area contributed by atoms with Crippen LogP contribution in [0.3, 0.4) is 0 Å². The molecule has 2 rings (SSSR count). The smallest absolute Gasteiger partial charge is 0.336 e. The molecule has 0 bridgehead atoms. The molecule has 1 aromatic heterocycles. The Morgan fingerprint density at radius 1 is 1.27 bits per heavy atom. The van der Waals surface area contributed by atoms with Crippen molar-refractivity contribution in [3.8, 4) is 5.75 Å². The first kappa shape index (κ1) is 9.77. The molecule has 1 N–H and O–H groups in total. The van der Waals surface area contributed by atoms with Gasteiger partial charge >= 0.3 is 5.63 Å². The summed E-state index contributed by atoms with van der Waals surface area (Å²) in [5.74, 6) is 0.396. The van der Waals surface area contributed by atoms with Crippen molar-refractivity contribution >= 4 is 11.0 Å². The van der Waals surface area contributed by atoms with E-state index in [1.165, 1.54) is 12.1 Å². The van der Waals surface area contributed by atoms with Crippen molar-refractivity contribution in [1.82, 2.24) is 0 Å². The lowest BCUT2D eigenvalue weighted by Crippen LogP contribution is -1.97. The van der Waals surface area contributed by atoms with E-state index >= 15 is 0 Å². The van der Waals surface area contributed by atoms with Crippen molar-refractivity contribution in [3.63, 3.8) is 0 Å². The molecule has 0 aliphatic rings. The van der Waals surface area contributed by atoms with Crippen LogP contribution in [0.4, 0.5) is 0 Å². The highest BCUT2D eigenvalue weighted by Gasteiger charge is 2.08. The van der Waals surface area contributed by atoms with E-state index in [-0.39, 0.29) is 11.7 Å². The molecule has 0 radical (unpaired) electrons. The van der Waals surface area contributed by atoms with Gasteiger partial charge in [0, 0.05) is 17.5 Å². The Balaban J connectivity index is 2.86. The van der Waals surface area contributed by atoms with Gasteiger partial charge in [-0.1, -0.05) is 13.8 Å². The Morgan fingerprint density at radius 2 is 2.00 bits per heavy atom. The van der Waals surface area contributed by atoms with Gasteiger partial charge in [-0.15, -0.1) is 0 Å². The average molecular weight is 204 g/mol. The van der Waals surface area contributed by atoms with Crippen LogP contribution in [0.25, 0.3) is 11.0 Å². The molecule has 3 heteroatoms. The SMILES string of the molecule is CC(C)c1cc(O)cc2oc(=O)ccc12. The summed E-state index contributed by atoms with van der Waals surface area (Å²) in [5.41, 5.74) is 1.02. The lowest BCUT2D eigenvalue weighted by Gasteiger charge is -2.09. The molecule has 0 amide bonds. The van der Waals surface area contributed by atoms with E-state index in [1.807, 2.05) is 13.8 Å². The fourth-order valence-corrected chi connectivity index (χ4v) is 1.67. The summed E-state index contributed by atoms with van der Waals surface area (Å²) in [6, 6.07) is 6.29. The Morgan fingerprint density at radius 3 is 2.67 bits per heavy atom. The zero-order valence-electron chi connectivity index (χ0n) is 8.65. The quantitative estimate of drug-likeness (QED) is 0.726. The number of phenols is 1. The van der Waals surface area contributed by atoms with Crippen molar-refractivity contribution in [1.29, 1.82) is 0 Å². The minimum Gasteiger partial charge on any atom is -0.508 e. The summed E-state index contributed by atoms with van der Waals surface area (Å²) >= 11 is 0. The molecule has 0 aliphatic heterocycles. The lowest BCUT2D eigenvalue weighted by atomic mass is 9.98. The molecule has 78 valence electrons. The highest BCUT2D eigenvalue weighted by Crippen LogP contribution is 2.28. The van der Waals surface area contributed by atoms with Gasteiger partial charge in [0.25, 0.3) is 0 Å². The molecule has 3 nitrogen and oxygen atoms in total. The second-order valence-corrected chi connectivity index (χ2v) is 3.86.